The molecule has 0 N–H and O–H groups in total. The number of carbonyl (C=O) groups is 2. The van der Waals surface area contributed by atoms with Crippen LogP contribution in [0.1, 0.15) is 37.9 Å². The van der Waals surface area contributed by atoms with E-state index in [0.29, 0.717) is 35.1 Å². The number of ether oxygens (including phenoxy) is 1. The fourth-order valence-electron chi connectivity index (χ4n) is 4.07. The van der Waals surface area contributed by atoms with Gasteiger partial charge in [-0.05, 0) is 37.8 Å². The third-order valence-electron chi connectivity index (χ3n) is 5.44. The van der Waals surface area contributed by atoms with Gasteiger partial charge in [0.05, 0.1) is 5.92 Å². The van der Waals surface area contributed by atoms with Crippen LogP contribution in [0.3, 0.4) is 0 Å². The quantitative estimate of drug-likeness (QED) is 0.741. The molecule has 0 aliphatic heterocycles. The predicted octanol–water partition coefficient (Wildman–Crippen LogP) is 4.43. The van der Waals surface area contributed by atoms with E-state index in [1.165, 1.54) is 0 Å². The first kappa shape index (κ1) is 17.3. The molecule has 4 rings (SSSR count). The summed E-state index contributed by atoms with van der Waals surface area (Å²) in [4.78, 5) is 24.5. The molecular formula is C20H20ClNO4. The summed E-state index contributed by atoms with van der Waals surface area (Å²) in [6.07, 6.45) is 4.16. The van der Waals surface area contributed by atoms with E-state index < -0.39 is 0 Å². The average molecular weight is 374 g/mol. The lowest BCUT2D eigenvalue weighted by Gasteiger charge is -2.36. The Hall–Kier alpha value is -2.14. The third-order valence-corrected chi connectivity index (χ3v) is 5.69. The second-order valence-electron chi connectivity index (χ2n) is 7.19. The van der Waals surface area contributed by atoms with Crippen LogP contribution in [0.15, 0.2) is 34.9 Å². The van der Waals surface area contributed by atoms with Gasteiger partial charge in [0.1, 0.15) is 11.5 Å². The van der Waals surface area contributed by atoms with E-state index in [4.69, 9.17) is 20.9 Å². The number of halogens is 1. The smallest absolute Gasteiger partial charge is 0.309 e. The predicted molar refractivity (Wildman–Crippen MR) is 95.3 cm³/mol. The van der Waals surface area contributed by atoms with Crippen molar-refractivity contribution in [2.75, 3.05) is 0 Å². The second kappa shape index (κ2) is 7.23. The number of hydrogen-bond donors (Lipinski definition) is 0. The first-order chi connectivity index (χ1) is 12.6. The van der Waals surface area contributed by atoms with Crippen molar-refractivity contribution in [3.63, 3.8) is 0 Å². The lowest BCUT2D eigenvalue weighted by Crippen LogP contribution is -2.39. The number of ketones is 1. The van der Waals surface area contributed by atoms with Crippen molar-refractivity contribution < 1.29 is 18.8 Å². The molecule has 136 valence electrons. The van der Waals surface area contributed by atoms with E-state index in [1.54, 1.807) is 18.2 Å². The van der Waals surface area contributed by atoms with Crippen molar-refractivity contribution in [2.24, 2.45) is 17.8 Å². The highest BCUT2D eigenvalue weighted by Gasteiger charge is 2.41. The van der Waals surface area contributed by atoms with Gasteiger partial charge in [-0.1, -0.05) is 35.3 Å². The molecule has 1 aromatic carbocycles. The van der Waals surface area contributed by atoms with Gasteiger partial charge in [-0.3, -0.25) is 9.59 Å². The van der Waals surface area contributed by atoms with Gasteiger partial charge < -0.3 is 9.26 Å². The molecular weight excluding hydrogens is 354 g/mol. The van der Waals surface area contributed by atoms with Gasteiger partial charge in [0.2, 0.25) is 0 Å². The number of rotatable bonds is 4. The van der Waals surface area contributed by atoms with Crippen molar-refractivity contribution in [1.82, 2.24) is 5.16 Å². The largest absolute Gasteiger partial charge is 0.457 e. The van der Waals surface area contributed by atoms with Crippen LogP contribution >= 0.6 is 11.6 Å². The average Bonchev–Trinajstić information content (AvgIpc) is 3.09. The normalized spacial score (nSPS) is 25.1. The summed E-state index contributed by atoms with van der Waals surface area (Å²) < 4.78 is 10.7. The van der Waals surface area contributed by atoms with E-state index in [1.807, 2.05) is 12.1 Å². The Morgan fingerprint density at radius 2 is 1.88 bits per heavy atom. The summed E-state index contributed by atoms with van der Waals surface area (Å²) in [5.74, 6) is 0.516. The summed E-state index contributed by atoms with van der Waals surface area (Å²) in [6.45, 7) is 0.0548. The number of fused-ring (bicyclic) bond motifs is 2. The molecule has 6 heteroatoms. The van der Waals surface area contributed by atoms with E-state index >= 15 is 0 Å². The molecule has 26 heavy (non-hydrogen) atoms. The van der Waals surface area contributed by atoms with Gasteiger partial charge in [0.15, 0.2) is 12.4 Å². The zero-order valence-electron chi connectivity index (χ0n) is 14.3. The highest BCUT2D eigenvalue weighted by Crippen LogP contribution is 2.40. The molecule has 0 radical (unpaired) electrons. The summed E-state index contributed by atoms with van der Waals surface area (Å²) in [7, 11) is 0. The minimum absolute atomic E-state index is 0.0434. The summed E-state index contributed by atoms with van der Waals surface area (Å²) in [5, 5.41) is 4.66. The van der Waals surface area contributed by atoms with Gasteiger partial charge in [-0.25, -0.2) is 0 Å². The topological polar surface area (TPSA) is 69.4 Å². The molecule has 2 aliphatic carbocycles. The Balaban J connectivity index is 1.35. The molecule has 1 aromatic heterocycles. The molecule has 5 nitrogen and oxygen atoms in total. The molecule has 0 amide bonds. The second-order valence-corrected chi connectivity index (χ2v) is 7.62. The molecule has 0 spiro atoms. The van der Waals surface area contributed by atoms with Gasteiger partial charge in [-0.15, -0.1) is 0 Å². The number of benzene rings is 1. The van der Waals surface area contributed by atoms with Crippen LogP contribution in [0.5, 0.6) is 0 Å². The van der Waals surface area contributed by atoms with Crippen LogP contribution in [0, 0.1) is 17.8 Å². The van der Waals surface area contributed by atoms with E-state index in [9.17, 15) is 9.59 Å². The molecule has 2 aromatic rings. The SMILES string of the molecule is O=C(OCc1cc(-c2ccc(Cl)cc2)no1)C1CC2CCCC(C1)C2=O. The summed E-state index contributed by atoms with van der Waals surface area (Å²) in [6, 6.07) is 9.04. The number of hydrogen-bond acceptors (Lipinski definition) is 5. The van der Waals surface area contributed by atoms with Crippen LogP contribution in [0.2, 0.25) is 5.02 Å². The van der Waals surface area contributed by atoms with E-state index in [2.05, 4.69) is 5.16 Å². The Morgan fingerprint density at radius 3 is 2.58 bits per heavy atom. The Bertz CT molecular complexity index is 797. The van der Waals surface area contributed by atoms with Crippen molar-refractivity contribution in [3.05, 3.63) is 41.1 Å². The number of carbonyl (C=O) groups excluding carboxylic acids is 2. The first-order valence-electron chi connectivity index (χ1n) is 9.02. The van der Waals surface area contributed by atoms with Crippen LogP contribution in [-0.2, 0) is 20.9 Å². The van der Waals surface area contributed by atoms with Gasteiger partial charge >= 0.3 is 5.97 Å². The Labute approximate surface area is 156 Å². The van der Waals surface area contributed by atoms with Gasteiger partial charge in [-0.2, -0.15) is 0 Å². The monoisotopic (exact) mass is 373 g/mol. The van der Waals surface area contributed by atoms with Crippen LogP contribution < -0.4 is 0 Å². The fraction of sp³-hybridized carbons (Fsp3) is 0.450. The van der Waals surface area contributed by atoms with E-state index in [0.717, 1.165) is 24.8 Å². The van der Waals surface area contributed by atoms with Crippen molar-refractivity contribution in [3.8, 4) is 11.3 Å². The zero-order valence-corrected chi connectivity index (χ0v) is 15.1. The summed E-state index contributed by atoms with van der Waals surface area (Å²) in [5.41, 5.74) is 1.56. The standard InChI is InChI=1S/C20H20ClNO4/c21-16-6-4-12(5-7-16)18-10-17(26-22-18)11-25-20(24)15-8-13-2-1-3-14(9-15)19(13)23/h4-7,10,13-15H,1-3,8-9,11H2. The molecule has 1 heterocycles. The van der Waals surface area contributed by atoms with Gasteiger partial charge in [0, 0.05) is 28.5 Å². The lowest BCUT2D eigenvalue weighted by molar-refractivity contribution is -0.155. The minimum Gasteiger partial charge on any atom is -0.457 e. The van der Waals surface area contributed by atoms with Crippen LogP contribution in [0.25, 0.3) is 11.3 Å². The Morgan fingerprint density at radius 1 is 1.19 bits per heavy atom. The lowest BCUT2D eigenvalue weighted by atomic mass is 9.67. The molecule has 2 atom stereocenters. The number of aromatic nitrogens is 1. The first-order valence-corrected chi connectivity index (χ1v) is 9.40. The number of esters is 1. The third kappa shape index (κ3) is 3.54. The maximum Gasteiger partial charge on any atom is 0.309 e. The van der Waals surface area contributed by atoms with Crippen molar-refractivity contribution >= 4 is 23.4 Å². The molecule has 2 fully saturated rings. The maximum absolute atomic E-state index is 12.4. The molecule has 2 aliphatic rings. The number of nitrogens with zero attached hydrogens (tertiary/aromatic N) is 1. The van der Waals surface area contributed by atoms with Crippen LogP contribution in [0.4, 0.5) is 0 Å². The van der Waals surface area contributed by atoms with Crippen molar-refractivity contribution in [2.45, 2.75) is 38.7 Å². The van der Waals surface area contributed by atoms with E-state index in [-0.39, 0.29) is 30.3 Å². The maximum atomic E-state index is 12.4. The highest BCUT2D eigenvalue weighted by molar-refractivity contribution is 6.30. The van der Waals surface area contributed by atoms with Crippen LogP contribution in [-0.4, -0.2) is 16.9 Å². The minimum atomic E-state index is -0.237. The molecule has 2 saturated carbocycles. The fourth-order valence-corrected chi connectivity index (χ4v) is 4.20. The summed E-state index contributed by atoms with van der Waals surface area (Å²) >= 11 is 5.88. The van der Waals surface area contributed by atoms with Gasteiger partial charge in [0.25, 0.3) is 0 Å². The molecule has 0 saturated heterocycles. The molecule has 2 unspecified atom stereocenters. The van der Waals surface area contributed by atoms with Crippen molar-refractivity contribution in [1.29, 1.82) is 0 Å². The molecule has 2 bridgehead atoms. The number of Topliss-reactive ketones (excluding diaryl/α,β-unsaturated/α-hetero) is 1. The Kier molecular flexibility index (Phi) is 4.81. The highest BCUT2D eigenvalue weighted by atomic mass is 35.5. The zero-order chi connectivity index (χ0) is 18.1.